The fourth-order valence-corrected chi connectivity index (χ4v) is 8.93. The minimum atomic E-state index is -2.09. The molecule has 0 saturated carbocycles. The zero-order valence-corrected chi connectivity index (χ0v) is 36.6. The van der Waals surface area contributed by atoms with Gasteiger partial charge in [0.25, 0.3) is 0 Å². The van der Waals surface area contributed by atoms with Crippen LogP contribution in [0.5, 0.6) is 0 Å². The number of hydrogen-bond donors (Lipinski definition) is 16. The number of aliphatic hydroxyl groups is 16. The second kappa shape index (κ2) is 23.6. The van der Waals surface area contributed by atoms with Gasteiger partial charge in [-0.05, 0) is 13.8 Å². The Hall–Kier alpha value is -1.16. The molecule has 29 heteroatoms. The Bertz CT molecular complexity index is 1510. The highest BCUT2D eigenvalue weighted by atomic mass is 16.8. The molecule has 0 bridgehead atoms. The standard InChI is InChI=1S/C38H66O29/c1-9-26(20(48)22(50)33(54)57-9)63-38-32(30(56-4)18(46)14(8-42)62-38)67-36-25(53)28(16(44)12(6-40)60-36)65-34-24(52)21(49)27(10(2)58-34)64-37-31(29(55-3)17(45)13(7-41)61-37)66-35-23(51)19(47)15(43)11(5-39)59-35/h9-54H,5-8H2,1-4H3/t9-,10-,11+,12+,13+,14+,15-,16-,17+,18+,19-,20-,21-,22+,23+,24+,25+,26-,27-,28-,29-,30-,31-,32-,33+,34-,35+,36+,37+,38+/m0/s1. The van der Waals surface area contributed by atoms with Gasteiger partial charge in [-0.3, -0.25) is 0 Å². The van der Waals surface area contributed by atoms with Crippen LogP contribution in [0.1, 0.15) is 13.8 Å². The van der Waals surface area contributed by atoms with Crippen molar-refractivity contribution in [3.8, 4) is 0 Å². The van der Waals surface area contributed by atoms with Crippen LogP contribution >= 0.6 is 0 Å². The van der Waals surface area contributed by atoms with Crippen molar-refractivity contribution in [1.29, 1.82) is 0 Å². The molecule has 0 aromatic carbocycles. The number of aliphatic hydroxyl groups excluding tert-OH is 16. The number of rotatable bonds is 16. The first-order valence-corrected chi connectivity index (χ1v) is 21.6. The number of hydrogen-bond acceptors (Lipinski definition) is 29. The molecule has 6 heterocycles. The Morgan fingerprint density at radius 3 is 1.07 bits per heavy atom. The van der Waals surface area contributed by atoms with Gasteiger partial charge >= 0.3 is 0 Å². The summed E-state index contributed by atoms with van der Waals surface area (Å²) in [7, 11) is 2.30. The van der Waals surface area contributed by atoms with Gasteiger partial charge in [0.2, 0.25) is 0 Å². The highest BCUT2D eigenvalue weighted by Crippen LogP contribution is 2.38. The van der Waals surface area contributed by atoms with E-state index in [2.05, 4.69) is 0 Å². The quantitative estimate of drug-likeness (QED) is 0.0683. The summed E-state index contributed by atoms with van der Waals surface area (Å²) in [6.45, 7) is -0.593. The van der Waals surface area contributed by atoms with E-state index in [1.807, 2.05) is 0 Å². The molecule has 6 rings (SSSR count). The van der Waals surface area contributed by atoms with Gasteiger partial charge in [-0.25, -0.2) is 0 Å². The van der Waals surface area contributed by atoms with Gasteiger partial charge in [-0.15, -0.1) is 0 Å². The fraction of sp³-hybridized carbons (Fsp3) is 1.00. The van der Waals surface area contributed by atoms with Crippen molar-refractivity contribution < 1.29 is 143 Å². The summed E-state index contributed by atoms with van der Waals surface area (Å²) in [4.78, 5) is 0. The van der Waals surface area contributed by atoms with Crippen LogP contribution in [-0.4, -0.2) is 307 Å². The summed E-state index contributed by atoms with van der Waals surface area (Å²) in [5.41, 5.74) is 0. The van der Waals surface area contributed by atoms with Crippen LogP contribution in [0, 0.1) is 0 Å². The molecular formula is C38H66O29. The van der Waals surface area contributed by atoms with Crippen molar-refractivity contribution in [3.05, 3.63) is 0 Å². The Morgan fingerprint density at radius 1 is 0.299 bits per heavy atom. The monoisotopic (exact) mass is 986 g/mol. The molecule has 29 nitrogen and oxygen atoms in total. The van der Waals surface area contributed by atoms with Crippen molar-refractivity contribution in [1.82, 2.24) is 0 Å². The molecular weight excluding hydrogens is 920 g/mol. The zero-order chi connectivity index (χ0) is 49.3. The van der Waals surface area contributed by atoms with Crippen LogP contribution in [0.2, 0.25) is 0 Å². The van der Waals surface area contributed by atoms with Crippen molar-refractivity contribution >= 4 is 0 Å². The van der Waals surface area contributed by atoms with Crippen molar-refractivity contribution in [3.63, 3.8) is 0 Å². The van der Waals surface area contributed by atoms with Gasteiger partial charge in [-0.1, -0.05) is 0 Å². The largest absolute Gasteiger partial charge is 0.394 e. The predicted molar refractivity (Wildman–Crippen MR) is 206 cm³/mol. The van der Waals surface area contributed by atoms with E-state index in [1.54, 1.807) is 0 Å². The summed E-state index contributed by atoms with van der Waals surface area (Å²) in [5, 5.41) is 170. The smallest absolute Gasteiger partial charge is 0.187 e. The van der Waals surface area contributed by atoms with E-state index in [-0.39, 0.29) is 0 Å². The second-order valence-electron chi connectivity index (χ2n) is 17.1. The molecule has 30 atom stereocenters. The molecule has 0 aromatic heterocycles. The molecule has 16 N–H and O–H groups in total. The Morgan fingerprint density at radius 2 is 0.627 bits per heavy atom. The first kappa shape index (κ1) is 55.2. The average molecular weight is 987 g/mol. The molecule has 6 saturated heterocycles. The van der Waals surface area contributed by atoms with Crippen LogP contribution in [0.3, 0.4) is 0 Å². The summed E-state index contributed by atoms with van der Waals surface area (Å²) >= 11 is 0. The van der Waals surface area contributed by atoms with E-state index in [9.17, 15) is 81.7 Å². The Labute approximate surface area is 381 Å². The van der Waals surface area contributed by atoms with Gasteiger partial charge in [0.05, 0.1) is 38.6 Å². The normalized spacial score (nSPS) is 53.4. The molecule has 67 heavy (non-hydrogen) atoms. The van der Waals surface area contributed by atoms with Crippen molar-refractivity contribution in [2.75, 3.05) is 40.6 Å². The molecule has 0 aromatic rings. The first-order chi connectivity index (χ1) is 31.8. The lowest BCUT2D eigenvalue weighted by atomic mass is 9.95. The Kier molecular flexibility index (Phi) is 19.4. The lowest BCUT2D eigenvalue weighted by molar-refractivity contribution is -0.403. The van der Waals surface area contributed by atoms with E-state index in [0.717, 1.165) is 14.2 Å². The number of methoxy groups -OCH3 is 2. The third-order valence-corrected chi connectivity index (χ3v) is 12.8. The molecule has 0 unspecified atom stereocenters. The zero-order valence-electron chi connectivity index (χ0n) is 36.6. The van der Waals surface area contributed by atoms with E-state index >= 15 is 0 Å². The maximum atomic E-state index is 11.7. The summed E-state index contributed by atoms with van der Waals surface area (Å²) < 4.78 is 74.5. The lowest BCUT2D eigenvalue weighted by Gasteiger charge is -2.50. The van der Waals surface area contributed by atoms with E-state index in [4.69, 9.17) is 61.6 Å². The van der Waals surface area contributed by atoms with Crippen LogP contribution < -0.4 is 0 Å². The topological polar surface area (TPSA) is 444 Å². The maximum Gasteiger partial charge on any atom is 0.187 e. The maximum absolute atomic E-state index is 11.7. The predicted octanol–water partition coefficient (Wildman–Crippen LogP) is -10.7. The van der Waals surface area contributed by atoms with Crippen LogP contribution in [0.15, 0.2) is 0 Å². The molecule has 0 amide bonds. The minimum absolute atomic E-state index is 0.782. The van der Waals surface area contributed by atoms with E-state index < -0.39 is 211 Å². The molecule has 0 radical (unpaired) electrons. The molecule has 6 fully saturated rings. The van der Waals surface area contributed by atoms with E-state index in [0.29, 0.717) is 0 Å². The first-order valence-electron chi connectivity index (χ1n) is 21.6. The van der Waals surface area contributed by atoms with Gasteiger partial charge in [0.1, 0.15) is 134 Å². The van der Waals surface area contributed by atoms with Gasteiger partial charge in [0, 0.05) is 14.2 Å². The van der Waals surface area contributed by atoms with Crippen LogP contribution in [-0.2, 0) is 61.6 Å². The highest BCUT2D eigenvalue weighted by molar-refractivity contribution is 5.00. The van der Waals surface area contributed by atoms with E-state index in [1.165, 1.54) is 13.8 Å². The SMILES string of the molecule is CO[C@H]1[C@H](O)[C@@H](CO)O[C@H](O[C@@H]2[C@@H](O)[C@@H](O)[C@H](O[C@H]3[C@@H](O)[C@@H](CO)O[C@H](O[C@@H]4[C@@H](O[C@@H]5[C@@H](O)[C@@H](O)[C@H](O)O[C@H]5C)O[C@H](CO)[C@@H](O)[C@@H]4OC)[C@@H]3O)O[C@H]2C)[C@H]1O[C@H]1O[C@H](CO)[C@H](O)[C@H](O)[C@H]1O. The molecule has 0 spiro atoms. The average Bonchev–Trinajstić information content (AvgIpc) is 3.30. The van der Waals surface area contributed by atoms with Crippen LogP contribution in [0.4, 0.5) is 0 Å². The van der Waals surface area contributed by atoms with Gasteiger partial charge in [-0.2, -0.15) is 0 Å². The third kappa shape index (κ3) is 11.3. The van der Waals surface area contributed by atoms with Crippen LogP contribution in [0.25, 0.3) is 0 Å². The number of ether oxygens (including phenoxy) is 13. The third-order valence-electron chi connectivity index (χ3n) is 12.8. The molecule has 6 aliphatic rings. The summed E-state index contributed by atoms with van der Waals surface area (Å²) in [6, 6.07) is 0. The Balaban J connectivity index is 1.19. The van der Waals surface area contributed by atoms with Gasteiger partial charge < -0.3 is 143 Å². The van der Waals surface area contributed by atoms with Gasteiger partial charge in [0.15, 0.2) is 37.7 Å². The second-order valence-corrected chi connectivity index (χ2v) is 17.1. The summed E-state index contributed by atoms with van der Waals surface area (Å²) in [5.74, 6) is 0. The fourth-order valence-electron chi connectivity index (χ4n) is 8.93. The lowest BCUT2D eigenvalue weighted by Crippen LogP contribution is -2.68. The molecule has 6 aliphatic heterocycles. The molecule has 392 valence electrons. The molecule has 0 aliphatic carbocycles. The van der Waals surface area contributed by atoms with Crippen molar-refractivity contribution in [2.24, 2.45) is 0 Å². The minimum Gasteiger partial charge on any atom is -0.394 e. The highest BCUT2D eigenvalue weighted by Gasteiger charge is 2.58. The summed E-state index contributed by atoms with van der Waals surface area (Å²) in [6.07, 6.45) is -50.8. The van der Waals surface area contributed by atoms with Crippen molar-refractivity contribution in [2.45, 2.75) is 198 Å².